The van der Waals surface area contributed by atoms with Crippen LogP contribution in [0.15, 0.2) is 51.4 Å². The Kier molecular flexibility index (Phi) is 7.37. The number of benzene rings is 2. The molecule has 0 fully saturated rings. The molecule has 0 saturated carbocycles. The first-order chi connectivity index (χ1) is 12.3. The van der Waals surface area contributed by atoms with Gasteiger partial charge in [0, 0.05) is 11.8 Å². The Morgan fingerprint density at radius 3 is 2.27 bits per heavy atom. The number of phenols is 1. The lowest BCUT2D eigenvalue weighted by molar-refractivity contribution is -0.115. The monoisotopic (exact) mass is 496 g/mol. The molecule has 26 heavy (non-hydrogen) atoms. The van der Waals surface area contributed by atoms with E-state index in [0.29, 0.717) is 20.6 Å². The first kappa shape index (κ1) is 20.6. The highest BCUT2D eigenvalue weighted by Gasteiger charge is 2.08. The Bertz CT molecular complexity index is 826. The fourth-order valence-corrected chi connectivity index (χ4v) is 3.52. The standard InChI is InChI=1S/C19H18Br2N2O2S/c1-11(2)13-6-3-12(4-7-13)5-8-17(24)23-19(26)22-14-9-15(20)18(25)16(21)10-14/h3-11,25H,1-2H3,(H2,22,23,24,26). The van der Waals surface area contributed by atoms with E-state index in [4.69, 9.17) is 12.2 Å². The number of carbonyl (C=O) groups is 1. The molecule has 0 aliphatic carbocycles. The van der Waals surface area contributed by atoms with Gasteiger partial charge in [-0.3, -0.25) is 10.1 Å². The van der Waals surface area contributed by atoms with Crippen LogP contribution in [-0.2, 0) is 4.79 Å². The Labute approximate surface area is 175 Å². The van der Waals surface area contributed by atoms with Crippen LogP contribution in [0, 0.1) is 0 Å². The van der Waals surface area contributed by atoms with Gasteiger partial charge < -0.3 is 10.4 Å². The van der Waals surface area contributed by atoms with Gasteiger partial charge in [0.15, 0.2) is 5.11 Å². The van der Waals surface area contributed by atoms with E-state index >= 15 is 0 Å². The Morgan fingerprint density at radius 2 is 1.73 bits per heavy atom. The molecular weight excluding hydrogens is 480 g/mol. The summed E-state index contributed by atoms with van der Waals surface area (Å²) in [6.07, 6.45) is 3.16. The van der Waals surface area contributed by atoms with Crippen molar-refractivity contribution >= 4 is 66.9 Å². The molecule has 0 aliphatic rings. The van der Waals surface area contributed by atoms with E-state index in [0.717, 1.165) is 5.56 Å². The van der Waals surface area contributed by atoms with E-state index in [2.05, 4.69) is 68.5 Å². The van der Waals surface area contributed by atoms with Crippen LogP contribution in [0.2, 0.25) is 0 Å². The van der Waals surface area contributed by atoms with E-state index in [1.54, 1.807) is 18.2 Å². The summed E-state index contributed by atoms with van der Waals surface area (Å²) in [7, 11) is 0. The summed E-state index contributed by atoms with van der Waals surface area (Å²) in [4.78, 5) is 12.0. The number of phenolic OH excluding ortho intramolecular Hbond substituents is 1. The van der Waals surface area contributed by atoms with Crippen molar-refractivity contribution in [1.82, 2.24) is 5.32 Å². The predicted molar refractivity (Wildman–Crippen MR) is 117 cm³/mol. The summed E-state index contributed by atoms with van der Waals surface area (Å²) < 4.78 is 1.02. The van der Waals surface area contributed by atoms with Crippen molar-refractivity contribution in [2.24, 2.45) is 0 Å². The lowest BCUT2D eigenvalue weighted by Gasteiger charge is -2.10. The maximum Gasteiger partial charge on any atom is 0.250 e. The fourth-order valence-electron chi connectivity index (χ4n) is 2.12. The highest BCUT2D eigenvalue weighted by atomic mass is 79.9. The first-order valence-corrected chi connectivity index (χ1v) is 9.83. The highest BCUT2D eigenvalue weighted by molar-refractivity contribution is 9.11. The zero-order valence-electron chi connectivity index (χ0n) is 14.2. The van der Waals surface area contributed by atoms with Crippen LogP contribution >= 0.6 is 44.1 Å². The van der Waals surface area contributed by atoms with Crippen molar-refractivity contribution in [2.45, 2.75) is 19.8 Å². The second-order valence-corrected chi connectivity index (χ2v) is 8.00. The highest BCUT2D eigenvalue weighted by Crippen LogP contribution is 2.35. The van der Waals surface area contributed by atoms with Crippen molar-refractivity contribution in [1.29, 1.82) is 0 Å². The van der Waals surface area contributed by atoms with E-state index < -0.39 is 0 Å². The van der Waals surface area contributed by atoms with Gasteiger partial charge in [0.1, 0.15) is 5.75 Å². The minimum atomic E-state index is -0.327. The number of thiocarbonyl (C=S) groups is 1. The molecule has 0 unspecified atom stereocenters. The molecule has 1 amide bonds. The smallest absolute Gasteiger partial charge is 0.250 e. The molecule has 2 aromatic rings. The zero-order valence-corrected chi connectivity index (χ0v) is 18.2. The van der Waals surface area contributed by atoms with Gasteiger partial charge in [0.25, 0.3) is 0 Å². The summed E-state index contributed by atoms with van der Waals surface area (Å²) in [6.45, 7) is 4.27. The largest absolute Gasteiger partial charge is 0.506 e. The van der Waals surface area contributed by atoms with Crippen LogP contribution in [0.4, 0.5) is 5.69 Å². The number of aromatic hydroxyl groups is 1. The molecule has 0 aromatic heterocycles. The Hall–Kier alpha value is -1.70. The Balaban J connectivity index is 1.93. The summed E-state index contributed by atoms with van der Waals surface area (Å²) in [6, 6.07) is 11.4. The van der Waals surface area contributed by atoms with Crippen LogP contribution < -0.4 is 10.6 Å². The third-order valence-corrected chi connectivity index (χ3v) is 4.95. The second kappa shape index (κ2) is 9.30. The van der Waals surface area contributed by atoms with Gasteiger partial charge in [-0.15, -0.1) is 0 Å². The van der Waals surface area contributed by atoms with E-state index in [-0.39, 0.29) is 16.8 Å². The molecule has 0 bridgehead atoms. The molecular formula is C19H18Br2N2O2S. The second-order valence-electron chi connectivity index (χ2n) is 5.89. The fraction of sp³-hybridized carbons (Fsp3) is 0.158. The van der Waals surface area contributed by atoms with E-state index in [1.807, 2.05) is 12.1 Å². The van der Waals surface area contributed by atoms with Gasteiger partial charge in [-0.05, 0) is 79.3 Å². The first-order valence-electron chi connectivity index (χ1n) is 7.84. The number of amides is 1. The molecule has 0 aliphatic heterocycles. The van der Waals surface area contributed by atoms with Crippen molar-refractivity contribution < 1.29 is 9.90 Å². The normalized spacial score (nSPS) is 11.0. The van der Waals surface area contributed by atoms with Crippen molar-refractivity contribution in [3.8, 4) is 5.75 Å². The maximum atomic E-state index is 12.0. The number of halogens is 2. The van der Waals surface area contributed by atoms with Gasteiger partial charge in [-0.2, -0.15) is 0 Å². The third kappa shape index (κ3) is 5.93. The molecule has 0 spiro atoms. The average molecular weight is 498 g/mol. The van der Waals surface area contributed by atoms with Crippen LogP contribution in [0.5, 0.6) is 5.75 Å². The zero-order chi connectivity index (χ0) is 19.3. The van der Waals surface area contributed by atoms with Gasteiger partial charge in [-0.25, -0.2) is 0 Å². The molecule has 136 valence electrons. The average Bonchev–Trinajstić information content (AvgIpc) is 2.58. The van der Waals surface area contributed by atoms with Gasteiger partial charge in [-0.1, -0.05) is 38.1 Å². The van der Waals surface area contributed by atoms with Crippen LogP contribution in [0.3, 0.4) is 0 Å². The van der Waals surface area contributed by atoms with E-state index in [9.17, 15) is 9.90 Å². The SMILES string of the molecule is CC(C)c1ccc(C=CC(=O)NC(=S)Nc2cc(Br)c(O)c(Br)c2)cc1. The molecule has 3 N–H and O–H groups in total. The van der Waals surface area contributed by atoms with Gasteiger partial charge >= 0.3 is 0 Å². The van der Waals surface area contributed by atoms with Crippen molar-refractivity contribution in [3.05, 3.63) is 62.5 Å². The Morgan fingerprint density at radius 1 is 1.15 bits per heavy atom. The lowest BCUT2D eigenvalue weighted by Crippen LogP contribution is -2.32. The summed E-state index contributed by atoms with van der Waals surface area (Å²) >= 11 is 11.6. The molecule has 0 heterocycles. The molecule has 0 atom stereocenters. The number of nitrogens with one attached hydrogen (secondary N) is 2. The van der Waals surface area contributed by atoms with Crippen LogP contribution in [0.25, 0.3) is 6.08 Å². The van der Waals surface area contributed by atoms with E-state index in [1.165, 1.54) is 11.6 Å². The molecule has 7 heteroatoms. The number of hydrogen-bond donors (Lipinski definition) is 3. The van der Waals surface area contributed by atoms with Gasteiger partial charge in [0.2, 0.25) is 5.91 Å². The van der Waals surface area contributed by atoms with Crippen LogP contribution in [0.1, 0.15) is 30.9 Å². The van der Waals surface area contributed by atoms with Crippen molar-refractivity contribution in [3.63, 3.8) is 0 Å². The predicted octanol–water partition coefficient (Wildman–Crippen LogP) is 5.57. The molecule has 2 aromatic carbocycles. The lowest BCUT2D eigenvalue weighted by atomic mass is 10.0. The molecule has 2 rings (SSSR count). The number of rotatable bonds is 4. The summed E-state index contributed by atoms with van der Waals surface area (Å²) in [5, 5.41) is 15.3. The topological polar surface area (TPSA) is 61.4 Å². The quantitative estimate of drug-likeness (QED) is 0.293. The summed E-state index contributed by atoms with van der Waals surface area (Å²) in [5.74, 6) is 0.240. The van der Waals surface area contributed by atoms with Gasteiger partial charge in [0.05, 0.1) is 8.95 Å². The minimum absolute atomic E-state index is 0.0944. The molecule has 0 saturated heterocycles. The number of hydrogen-bond acceptors (Lipinski definition) is 3. The molecule has 4 nitrogen and oxygen atoms in total. The minimum Gasteiger partial charge on any atom is -0.506 e. The number of anilines is 1. The van der Waals surface area contributed by atoms with Crippen LogP contribution in [-0.4, -0.2) is 16.1 Å². The molecule has 0 radical (unpaired) electrons. The number of carbonyl (C=O) groups excluding carboxylic acids is 1. The van der Waals surface area contributed by atoms with Crippen molar-refractivity contribution in [2.75, 3.05) is 5.32 Å². The maximum absolute atomic E-state index is 12.0. The third-order valence-electron chi connectivity index (χ3n) is 3.54. The summed E-state index contributed by atoms with van der Waals surface area (Å²) in [5.41, 5.74) is 2.82.